The molecule has 88 valence electrons. The van der Waals surface area contributed by atoms with Crippen molar-refractivity contribution in [1.82, 2.24) is 10.2 Å². The van der Waals surface area contributed by atoms with Crippen LogP contribution in [0.4, 0.5) is 0 Å². The van der Waals surface area contributed by atoms with E-state index in [2.05, 4.69) is 41.4 Å². The number of hydrogen-bond acceptors (Lipinski definition) is 2. The van der Waals surface area contributed by atoms with E-state index in [0.717, 1.165) is 13.1 Å². The molecule has 0 unspecified atom stereocenters. The van der Waals surface area contributed by atoms with E-state index in [1.807, 2.05) is 0 Å². The first kappa shape index (κ1) is 11.6. The minimum Gasteiger partial charge on any atom is -0.316 e. The highest BCUT2D eigenvalue weighted by molar-refractivity contribution is 5.28. The topological polar surface area (TPSA) is 15.3 Å². The van der Waals surface area contributed by atoms with Crippen LogP contribution in [-0.4, -0.2) is 37.6 Å². The maximum absolute atomic E-state index is 3.40. The zero-order valence-electron chi connectivity index (χ0n) is 10.2. The molecule has 1 aliphatic heterocycles. The molecule has 0 saturated heterocycles. The number of rotatable bonds is 4. The summed E-state index contributed by atoms with van der Waals surface area (Å²) in [7, 11) is 0. The second-order valence-electron chi connectivity index (χ2n) is 4.46. The van der Waals surface area contributed by atoms with Crippen LogP contribution >= 0.6 is 0 Å². The molecule has 1 aromatic carbocycles. The van der Waals surface area contributed by atoms with Crippen LogP contribution in [0.5, 0.6) is 0 Å². The van der Waals surface area contributed by atoms with Gasteiger partial charge in [-0.2, -0.15) is 0 Å². The third kappa shape index (κ3) is 3.06. The molecule has 2 nitrogen and oxygen atoms in total. The van der Waals surface area contributed by atoms with Gasteiger partial charge < -0.3 is 10.2 Å². The summed E-state index contributed by atoms with van der Waals surface area (Å²) in [6, 6.07) is 8.88. The molecule has 0 saturated carbocycles. The van der Waals surface area contributed by atoms with Gasteiger partial charge in [-0.1, -0.05) is 31.2 Å². The van der Waals surface area contributed by atoms with Gasteiger partial charge in [0.05, 0.1) is 0 Å². The van der Waals surface area contributed by atoms with Crippen molar-refractivity contribution in [1.29, 1.82) is 0 Å². The van der Waals surface area contributed by atoms with Crippen molar-refractivity contribution in [2.75, 3.05) is 32.7 Å². The van der Waals surface area contributed by atoms with Gasteiger partial charge in [-0.05, 0) is 30.5 Å². The molecule has 2 heteroatoms. The predicted molar refractivity (Wildman–Crippen MR) is 68.8 cm³/mol. The maximum Gasteiger partial charge on any atom is 0.0107 e. The van der Waals surface area contributed by atoms with Gasteiger partial charge in [-0.3, -0.25) is 0 Å². The summed E-state index contributed by atoms with van der Waals surface area (Å²) in [5.74, 6) is 0. The number of nitrogens with one attached hydrogen (secondary N) is 1. The average molecular weight is 218 g/mol. The van der Waals surface area contributed by atoms with Gasteiger partial charge in [0.15, 0.2) is 0 Å². The van der Waals surface area contributed by atoms with Gasteiger partial charge in [0.2, 0.25) is 0 Å². The van der Waals surface area contributed by atoms with E-state index in [-0.39, 0.29) is 0 Å². The molecule has 0 spiro atoms. The van der Waals surface area contributed by atoms with Crippen LogP contribution in [0.25, 0.3) is 0 Å². The first-order valence-electron chi connectivity index (χ1n) is 6.40. The molecule has 1 N–H and O–H groups in total. The lowest BCUT2D eigenvalue weighted by atomic mass is 10.0. The maximum atomic E-state index is 3.40. The monoisotopic (exact) mass is 218 g/mol. The smallest absolute Gasteiger partial charge is 0.0107 e. The van der Waals surface area contributed by atoms with Crippen LogP contribution in [0, 0.1) is 0 Å². The Morgan fingerprint density at radius 2 is 1.75 bits per heavy atom. The van der Waals surface area contributed by atoms with E-state index >= 15 is 0 Å². The third-order valence-corrected chi connectivity index (χ3v) is 3.37. The van der Waals surface area contributed by atoms with Gasteiger partial charge in [0.1, 0.15) is 0 Å². The molecule has 0 amide bonds. The van der Waals surface area contributed by atoms with E-state index in [1.54, 1.807) is 11.1 Å². The van der Waals surface area contributed by atoms with Crippen molar-refractivity contribution in [2.45, 2.75) is 19.8 Å². The van der Waals surface area contributed by atoms with E-state index in [4.69, 9.17) is 0 Å². The summed E-state index contributed by atoms with van der Waals surface area (Å²) in [4.78, 5) is 2.57. The molecule has 1 aromatic rings. The standard InChI is InChI=1S/C14H22N2/c1-2-15-9-12-16-10-7-13-5-3-4-6-14(13)8-11-16/h3-6,15H,2,7-12H2,1H3. The van der Waals surface area contributed by atoms with Crippen molar-refractivity contribution in [3.8, 4) is 0 Å². The summed E-state index contributed by atoms with van der Waals surface area (Å²) in [6.07, 6.45) is 2.42. The highest BCUT2D eigenvalue weighted by atomic mass is 15.1. The molecule has 0 atom stereocenters. The van der Waals surface area contributed by atoms with Crippen molar-refractivity contribution in [2.24, 2.45) is 0 Å². The van der Waals surface area contributed by atoms with Crippen molar-refractivity contribution in [3.63, 3.8) is 0 Å². The number of hydrogen-bond donors (Lipinski definition) is 1. The Bertz CT molecular complexity index is 295. The van der Waals surface area contributed by atoms with Crippen LogP contribution in [-0.2, 0) is 12.8 Å². The number of nitrogens with zero attached hydrogens (tertiary/aromatic N) is 1. The van der Waals surface area contributed by atoms with Crippen LogP contribution < -0.4 is 5.32 Å². The molecule has 1 heterocycles. The van der Waals surface area contributed by atoms with Crippen LogP contribution in [0.3, 0.4) is 0 Å². The lowest BCUT2D eigenvalue weighted by molar-refractivity contribution is 0.287. The second-order valence-corrected chi connectivity index (χ2v) is 4.46. The zero-order chi connectivity index (χ0) is 11.2. The lowest BCUT2D eigenvalue weighted by Gasteiger charge is -2.19. The van der Waals surface area contributed by atoms with Gasteiger partial charge >= 0.3 is 0 Å². The fourth-order valence-corrected chi connectivity index (χ4v) is 2.35. The van der Waals surface area contributed by atoms with E-state index in [0.29, 0.717) is 0 Å². The van der Waals surface area contributed by atoms with Crippen molar-refractivity contribution >= 4 is 0 Å². The predicted octanol–water partition coefficient (Wildman–Crippen LogP) is 1.70. The Labute approximate surface area is 98.7 Å². The van der Waals surface area contributed by atoms with Gasteiger partial charge in [0.25, 0.3) is 0 Å². The first-order chi connectivity index (χ1) is 7.90. The summed E-state index contributed by atoms with van der Waals surface area (Å²) in [5, 5.41) is 3.40. The zero-order valence-corrected chi connectivity index (χ0v) is 10.2. The summed E-state index contributed by atoms with van der Waals surface area (Å²) >= 11 is 0. The average Bonchev–Trinajstić information content (AvgIpc) is 2.53. The molecule has 1 aliphatic rings. The number of fused-ring (bicyclic) bond motifs is 1. The quantitative estimate of drug-likeness (QED) is 0.774. The molecule has 0 aliphatic carbocycles. The molecular formula is C14H22N2. The molecule has 0 aromatic heterocycles. The van der Waals surface area contributed by atoms with Gasteiger partial charge in [0, 0.05) is 26.2 Å². The van der Waals surface area contributed by atoms with Gasteiger partial charge in [-0.15, -0.1) is 0 Å². The van der Waals surface area contributed by atoms with Crippen LogP contribution in [0.1, 0.15) is 18.1 Å². The Hall–Kier alpha value is -0.860. The summed E-state index contributed by atoms with van der Waals surface area (Å²) in [6.45, 7) is 7.96. The molecule has 16 heavy (non-hydrogen) atoms. The molecule has 2 rings (SSSR count). The summed E-state index contributed by atoms with van der Waals surface area (Å²) in [5.41, 5.74) is 3.10. The minimum atomic E-state index is 1.08. The van der Waals surface area contributed by atoms with E-state index < -0.39 is 0 Å². The molecular weight excluding hydrogens is 196 g/mol. The molecule has 0 bridgehead atoms. The Balaban J connectivity index is 1.87. The van der Waals surface area contributed by atoms with E-state index in [1.165, 1.54) is 32.5 Å². The Morgan fingerprint density at radius 1 is 1.12 bits per heavy atom. The van der Waals surface area contributed by atoms with Gasteiger partial charge in [-0.25, -0.2) is 0 Å². The first-order valence-corrected chi connectivity index (χ1v) is 6.40. The third-order valence-electron chi connectivity index (χ3n) is 3.37. The van der Waals surface area contributed by atoms with Crippen LogP contribution in [0.15, 0.2) is 24.3 Å². The van der Waals surface area contributed by atoms with Crippen molar-refractivity contribution in [3.05, 3.63) is 35.4 Å². The second kappa shape index (κ2) is 6.02. The molecule has 0 fully saturated rings. The highest BCUT2D eigenvalue weighted by Gasteiger charge is 2.12. The normalized spacial score (nSPS) is 16.8. The SMILES string of the molecule is CCNCCN1CCc2ccccc2CC1. The van der Waals surface area contributed by atoms with Crippen LogP contribution in [0.2, 0.25) is 0 Å². The minimum absolute atomic E-state index is 1.08. The Kier molecular flexibility index (Phi) is 4.37. The number of benzene rings is 1. The fraction of sp³-hybridized carbons (Fsp3) is 0.571. The van der Waals surface area contributed by atoms with Crippen molar-refractivity contribution < 1.29 is 0 Å². The Morgan fingerprint density at radius 3 is 2.31 bits per heavy atom. The summed E-state index contributed by atoms with van der Waals surface area (Å²) < 4.78 is 0. The fourth-order valence-electron chi connectivity index (χ4n) is 2.35. The number of likely N-dealkylation sites (N-methyl/N-ethyl adjacent to an activating group) is 1. The molecule has 0 radical (unpaired) electrons. The highest BCUT2D eigenvalue weighted by Crippen LogP contribution is 2.14. The van der Waals surface area contributed by atoms with E-state index in [9.17, 15) is 0 Å². The largest absolute Gasteiger partial charge is 0.316 e. The lowest BCUT2D eigenvalue weighted by Crippen LogP contribution is -2.33.